The van der Waals surface area contributed by atoms with Crippen LogP contribution in [0.4, 0.5) is 10.1 Å². The number of halogens is 1. The highest BCUT2D eigenvalue weighted by Crippen LogP contribution is 2.30. The number of nitrogens with zero attached hydrogens (tertiary/aromatic N) is 1. The molecule has 6 nitrogen and oxygen atoms in total. The van der Waals surface area contributed by atoms with Crippen LogP contribution in [0.1, 0.15) is 18.6 Å². The first-order chi connectivity index (χ1) is 13.1. The molecule has 0 aliphatic carbocycles. The Kier molecular flexibility index (Phi) is 7.88. The van der Waals surface area contributed by atoms with Crippen molar-refractivity contribution in [3.8, 4) is 11.5 Å². The van der Waals surface area contributed by atoms with Crippen molar-refractivity contribution >= 4 is 11.6 Å². The maximum atomic E-state index is 13.1. The number of rotatable bonds is 8. The highest BCUT2D eigenvalue weighted by Gasteiger charge is 2.12. The molecule has 0 heterocycles. The monoisotopic (exact) mass is 375 g/mol. The molecule has 1 unspecified atom stereocenters. The molecule has 0 aromatic heterocycles. The molecule has 0 radical (unpaired) electrons. The van der Waals surface area contributed by atoms with Crippen molar-refractivity contribution in [3.05, 3.63) is 53.8 Å². The molecule has 7 heteroatoms. The van der Waals surface area contributed by atoms with Gasteiger partial charge in [-0.1, -0.05) is 12.1 Å². The molecular formula is C20H26FN3O3. The number of guanidine groups is 1. The number of nitrogens with one attached hydrogen (secondary N) is 2. The van der Waals surface area contributed by atoms with Gasteiger partial charge in [-0.2, -0.15) is 0 Å². The smallest absolute Gasteiger partial charge is 0.195 e. The Bertz CT molecular complexity index is 751. The first-order valence-electron chi connectivity index (χ1n) is 8.68. The lowest BCUT2D eigenvalue weighted by atomic mass is 10.1. The summed E-state index contributed by atoms with van der Waals surface area (Å²) in [4.78, 5) is 4.22. The zero-order valence-corrected chi connectivity index (χ0v) is 16.1. The molecule has 0 amide bonds. The van der Waals surface area contributed by atoms with Crippen LogP contribution in [0.5, 0.6) is 11.5 Å². The SMILES string of the molecule is CCOc1cc(NC(=NC)NCC(OC)c2ccc(F)cc2)ccc1OC. The fraction of sp³-hybridized carbons (Fsp3) is 0.350. The van der Waals surface area contributed by atoms with E-state index in [4.69, 9.17) is 14.2 Å². The first-order valence-corrected chi connectivity index (χ1v) is 8.68. The molecule has 0 spiro atoms. The third-order valence-electron chi connectivity index (χ3n) is 3.93. The van der Waals surface area contributed by atoms with E-state index in [1.807, 2.05) is 25.1 Å². The van der Waals surface area contributed by atoms with E-state index < -0.39 is 0 Å². The summed E-state index contributed by atoms with van der Waals surface area (Å²) in [5.74, 6) is 1.62. The number of methoxy groups -OCH3 is 2. The predicted octanol–water partition coefficient (Wildman–Crippen LogP) is 3.61. The second-order valence-corrected chi connectivity index (χ2v) is 5.65. The van der Waals surface area contributed by atoms with Gasteiger partial charge in [0, 0.05) is 32.5 Å². The molecule has 27 heavy (non-hydrogen) atoms. The van der Waals surface area contributed by atoms with E-state index in [1.165, 1.54) is 12.1 Å². The third-order valence-corrected chi connectivity index (χ3v) is 3.93. The van der Waals surface area contributed by atoms with E-state index >= 15 is 0 Å². The van der Waals surface area contributed by atoms with Crippen molar-refractivity contribution in [3.63, 3.8) is 0 Å². The van der Waals surface area contributed by atoms with Crippen LogP contribution in [0, 0.1) is 5.82 Å². The van der Waals surface area contributed by atoms with E-state index in [0.717, 1.165) is 11.3 Å². The quantitative estimate of drug-likeness (QED) is 0.545. The fourth-order valence-electron chi connectivity index (χ4n) is 2.54. The van der Waals surface area contributed by atoms with Gasteiger partial charge in [-0.05, 0) is 36.8 Å². The van der Waals surface area contributed by atoms with Crippen LogP contribution in [0.25, 0.3) is 0 Å². The van der Waals surface area contributed by atoms with Crippen molar-refractivity contribution in [2.24, 2.45) is 4.99 Å². The Morgan fingerprint density at radius 1 is 1.11 bits per heavy atom. The number of aliphatic imine (C=N–C) groups is 1. The van der Waals surface area contributed by atoms with Gasteiger partial charge in [-0.15, -0.1) is 0 Å². The fourth-order valence-corrected chi connectivity index (χ4v) is 2.54. The van der Waals surface area contributed by atoms with E-state index in [0.29, 0.717) is 30.6 Å². The Hall–Kier alpha value is -2.80. The predicted molar refractivity (Wildman–Crippen MR) is 105 cm³/mol. The maximum Gasteiger partial charge on any atom is 0.195 e. The second kappa shape index (κ2) is 10.4. The summed E-state index contributed by atoms with van der Waals surface area (Å²) in [6, 6.07) is 11.8. The minimum Gasteiger partial charge on any atom is -0.493 e. The van der Waals surface area contributed by atoms with E-state index in [-0.39, 0.29) is 11.9 Å². The average molecular weight is 375 g/mol. The average Bonchev–Trinajstić information content (AvgIpc) is 2.69. The summed E-state index contributed by atoms with van der Waals surface area (Å²) in [6.07, 6.45) is -0.237. The molecule has 0 saturated heterocycles. The minimum absolute atomic E-state index is 0.237. The summed E-state index contributed by atoms with van der Waals surface area (Å²) < 4.78 is 29.5. The third kappa shape index (κ3) is 5.86. The zero-order valence-electron chi connectivity index (χ0n) is 16.1. The number of anilines is 1. The number of hydrogen-bond acceptors (Lipinski definition) is 4. The van der Waals surface area contributed by atoms with Crippen molar-refractivity contribution in [2.45, 2.75) is 13.0 Å². The molecule has 2 aromatic rings. The molecular weight excluding hydrogens is 349 g/mol. The van der Waals surface area contributed by atoms with Crippen molar-refractivity contribution < 1.29 is 18.6 Å². The summed E-state index contributed by atoms with van der Waals surface area (Å²) in [5, 5.41) is 6.42. The van der Waals surface area contributed by atoms with E-state index in [9.17, 15) is 4.39 Å². The van der Waals surface area contributed by atoms with Gasteiger partial charge in [0.25, 0.3) is 0 Å². The molecule has 2 N–H and O–H groups in total. The maximum absolute atomic E-state index is 13.1. The van der Waals surface area contributed by atoms with Gasteiger partial charge in [0.15, 0.2) is 17.5 Å². The van der Waals surface area contributed by atoms with Crippen LogP contribution in [0.2, 0.25) is 0 Å². The van der Waals surface area contributed by atoms with Crippen LogP contribution < -0.4 is 20.1 Å². The lowest BCUT2D eigenvalue weighted by Gasteiger charge is -2.19. The molecule has 0 bridgehead atoms. The topological polar surface area (TPSA) is 64.1 Å². The first kappa shape index (κ1) is 20.5. The van der Waals surface area contributed by atoms with Crippen LogP contribution in [0.15, 0.2) is 47.5 Å². The highest BCUT2D eigenvalue weighted by atomic mass is 19.1. The molecule has 0 aliphatic heterocycles. The summed E-state index contributed by atoms with van der Waals surface area (Å²) in [5.41, 5.74) is 1.69. The van der Waals surface area contributed by atoms with Crippen molar-refractivity contribution in [1.82, 2.24) is 5.32 Å². The molecule has 1 atom stereocenters. The van der Waals surface area contributed by atoms with Crippen LogP contribution in [-0.4, -0.2) is 40.4 Å². The standard InChI is InChI=1S/C20H26FN3O3/c1-5-27-18-12-16(10-11-17(18)25-3)24-20(22-2)23-13-19(26-4)14-6-8-15(21)9-7-14/h6-12,19H,5,13H2,1-4H3,(H2,22,23,24). The van der Waals surface area contributed by atoms with Gasteiger partial charge in [0.1, 0.15) is 5.82 Å². The van der Waals surface area contributed by atoms with E-state index in [1.54, 1.807) is 33.4 Å². The summed E-state index contributed by atoms with van der Waals surface area (Å²) >= 11 is 0. The van der Waals surface area contributed by atoms with Crippen molar-refractivity contribution in [1.29, 1.82) is 0 Å². The van der Waals surface area contributed by atoms with Gasteiger partial charge < -0.3 is 24.8 Å². The molecule has 2 rings (SSSR count). The zero-order chi connectivity index (χ0) is 19.6. The van der Waals surface area contributed by atoms with Gasteiger partial charge in [0.05, 0.1) is 19.8 Å². The largest absolute Gasteiger partial charge is 0.493 e. The summed E-state index contributed by atoms with van der Waals surface area (Å²) in [7, 11) is 4.90. The Morgan fingerprint density at radius 2 is 1.85 bits per heavy atom. The molecule has 0 saturated carbocycles. The number of ether oxygens (including phenoxy) is 3. The lowest BCUT2D eigenvalue weighted by Crippen LogP contribution is -2.34. The molecule has 146 valence electrons. The van der Waals surface area contributed by atoms with Gasteiger partial charge in [-0.25, -0.2) is 4.39 Å². The molecule has 0 aliphatic rings. The van der Waals surface area contributed by atoms with Gasteiger partial charge >= 0.3 is 0 Å². The van der Waals surface area contributed by atoms with Crippen LogP contribution >= 0.6 is 0 Å². The minimum atomic E-state index is -0.274. The van der Waals surface area contributed by atoms with Crippen LogP contribution in [-0.2, 0) is 4.74 Å². The normalized spacial score (nSPS) is 12.4. The summed E-state index contributed by atoms with van der Waals surface area (Å²) in [6.45, 7) is 2.93. The number of benzene rings is 2. The highest BCUT2D eigenvalue weighted by molar-refractivity contribution is 5.93. The number of hydrogen-bond donors (Lipinski definition) is 2. The molecule has 0 fully saturated rings. The van der Waals surface area contributed by atoms with E-state index in [2.05, 4.69) is 15.6 Å². The molecule has 2 aromatic carbocycles. The second-order valence-electron chi connectivity index (χ2n) is 5.65. The Balaban J connectivity index is 2.02. The van der Waals surface area contributed by atoms with Gasteiger partial charge in [0.2, 0.25) is 0 Å². The van der Waals surface area contributed by atoms with Crippen molar-refractivity contribution in [2.75, 3.05) is 39.7 Å². The Labute approximate surface area is 159 Å². The van der Waals surface area contributed by atoms with Crippen LogP contribution in [0.3, 0.4) is 0 Å². The lowest BCUT2D eigenvalue weighted by molar-refractivity contribution is 0.106. The Morgan fingerprint density at radius 3 is 2.44 bits per heavy atom. The van der Waals surface area contributed by atoms with Gasteiger partial charge in [-0.3, -0.25) is 4.99 Å².